The first-order valence-electron chi connectivity index (χ1n) is 9.84. The number of benzene rings is 3. The maximum Gasteiger partial charge on any atom is 0.209 e. The second-order valence-corrected chi connectivity index (χ2v) is 7.94. The van der Waals surface area contributed by atoms with E-state index in [0.717, 1.165) is 23.5 Å². The van der Waals surface area contributed by atoms with Gasteiger partial charge in [-0.3, -0.25) is 0 Å². The highest BCUT2D eigenvalue weighted by atomic mass is 32.2. The molecule has 0 aliphatic rings. The van der Waals surface area contributed by atoms with Crippen molar-refractivity contribution < 1.29 is 9.47 Å². The van der Waals surface area contributed by atoms with Crippen LogP contribution in [-0.4, -0.2) is 12.0 Å². The van der Waals surface area contributed by atoms with Crippen LogP contribution in [0.25, 0.3) is 0 Å². The summed E-state index contributed by atoms with van der Waals surface area (Å²) in [6.45, 7) is 4.99. The van der Waals surface area contributed by atoms with E-state index in [1.54, 1.807) is 11.8 Å². The number of thioether (sulfide) groups is 1. The zero-order chi connectivity index (χ0) is 19.6. The largest absolute Gasteiger partial charge is 0.464 e. The molecule has 0 bridgehead atoms. The van der Waals surface area contributed by atoms with Gasteiger partial charge in [-0.2, -0.15) is 0 Å². The molecule has 28 heavy (non-hydrogen) atoms. The van der Waals surface area contributed by atoms with Gasteiger partial charge < -0.3 is 9.47 Å². The summed E-state index contributed by atoms with van der Waals surface area (Å²) in [7, 11) is 0. The smallest absolute Gasteiger partial charge is 0.209 e. The van der Waals surface area contributed by atoms with Crippen molar-refractivity contribution in [3.63, 3.8) is 0 Å². The molecule has 0 aliphatic heterocycles. The molecule has 0 saturated carbocycles. The molecule has 3 aromatic carbocycles. The van der Waals surface area contributed by atoms with Crippen LogP contribution in [0.1, 0.15) is 37.3 Å². The Morgan fingerprint density at radius 3 is 2.11 bits per heavy atom. The molecule has 0 fully saturated rings. The van der Waals surface area contributed by atoms with Crippen LogP contribution in [0.5, 0.6) is 5.75 Å². The molecule has 0 aromatic heterocycles. The summed E-state index contributed by atoms with van der Waals surface area (Å²) in [4.78, 5) is 1.21. The quantitative estimate of drug-likeness (QED) is 0.276. The fourth-order valence-electron chi connectivity index (χ4n) is 2.82. The van der Waals surface area contributed by atoms with E-state index >= 15 is 0 Å². The summed E-state index contributed by atoms with van der Waals surface area (Å²) < 4.78 is 12.3. The van der Waals surface area contributed by atoms with Gasteiger partial charge in [-0.05, 0) is 47.7 Å². The van der Waals surface area contributed by atoms with Gasteiger partial charge in [-0.1, -0.05) is 74.5 Å². The zero-order valence-electron chi connectivity index (χ0n) is 16.6. The van der Waals surface area contributed by atoms with E-state index in [4.69, 9.17) is 9.47 Å². The second kappa shape index (κ2) is 10.9. The predicted molar refractivity (Wildman–Crippen MR) is 118 cm³/mol. The van der Waals surface area contributed by atoms with Crippen LogP contribution in [0.15, 0.2) is 89.8 Å². The Kier molecular flexibility index (Phi) is 8.01. The normalized spacial score (nSPS) is 13.1. The maximum atomic E-state index is 6.18. The number of hydrogen-bond donors (Lipinski definition) is 0. The third-order valence-corrected chi connectivity index (χ3v) is 5.78. The molecule has 2 atom stereocenters. The lowest BCUT2D eigenvalue weighted by atomic mass is 9.99. The van der Waals surface area contributed by atoms with Crippen molar-refractivity contribution in [2.45, 2.75) is 44.0 Å². The summed E-state index contributed by atoms with van der Waals surface area (Å²) in [5, 5.41) is 0. The summed E-state index contributed by atoms with van der Waals surface area (Å²) in [5.41, 5.74) is 2.49. The molecular formula is C25H28O2S. The van der Waals surface area contributed by atoms with Crippen LogP contribution < -0.4 is 4.74 Å². The Bertz CT molecular complexity index is 759. The van der Waals surface area contributed by atoms with Gasteiger partial charge in [0, 0.05) is 4.90 Å². The fourth-order valence-corrected chi connectivity index (χ4v) is 3.67. The third kappa shape index (κ3) is 6.43. The minimum Gasteiger partial charge on any atom is -0.464 e. The van der Waals surface area contributed by atoms with Gasteiger partial charge in [0.05, 0.1) is 12.4 Å². The minimum absolute atomic E-state index is 0.320. The lowest BCUT2D eigenvalue weighted by Gasteiger charge is -2.20. The highest BCUT2D eigenvalue weighted by molar-refractivity contribution is 7.99. The third-order valence-electron chi connectivity index (χ3n) is 4.74. The Morgan fingerprint density at radius 2 is 1.46 bits per heavy atom. The SMILES string of the molecule is CCC(C)c1ccc(OC(CSc2ccccc2)OCc2ccccc2)cc1. The van der Waals surface area contributed by atoms with E-state index in [0.29, 0.717) is 12.5 Å². The van der Waals surface area contributed by atoms with Crippen molar-refractivity contribution in [2.24, 2.45) is 0 Å². The molecule has 3 aromatic rings. The summed E-state index contributed by atoms with van der Waals surface area (Å²) in [5.74, 6) is 2.14. The first-order chi connectivity index (χ1) is 13.7. The van der Waals surface area contributed by atoms with Gasteiger partial charge in [0.25, 0.3) is 0 Å². The van der Waals surface area contributed by atoms with E-state index in [1.807, 2.05) is 36.4 Å². The van der Waals surface area contributed by atoms with Crippen LogP contribution in [0.3, 0.4) is 0 Å². The molecule has 146 valence electrons. The summed E-state index contributed by atoms with van der Waals surface area (Å²) in [6.07, 6.45) is 0.816. The summed E-state index contributed by atoms with van der Waals surface area (Å²) in [6, 6.07) is 29.0. The van der Waals surface area contributed by atoms with Crippen molar-refractivity contribution in [2.75, 3.05) is 5.75 Å². The fraction of sp³-hybridized carbons (Fsp3) is 0.280. The zero-order valence-corrected chi connectivity index (χ0v) is 17.4. The highest BCUT2D eigenvalue weighted by Crippen LogP contribution is 2.25. The van der Waals surface area contributed by atoms with E-state index < -0.39 is 0 Å². The van der Waals surface area contributed by atoms with Crippen molar-refractivity contribution >= 4 is 11.8 Å². The number of ether oxygens (including phenoxy) is 2. The van der Waals surface area contributed by atoms with Gasteiger partial charge >= 0.3 is 0 Å². The molecule has 0 amide bonds. The molecule has 0 saturated heterocycles. The number of hydrogen-bond acceptors (Lipinski definition) is 3. The standard InChI is InChI=1S/C25H28O2S/c1-3-20(2)22-14-16-23(17-15-22)27-25(19-28-24-12-8-5-9-13-24)26-18-21-10-6-4-7-11-21/h4-17,20,25H,3,18-19H2,1-2H3. The van der Waals surface area contributed by atoms with Gasteiger partial charge in [0.1, 0.15) is 5.75 Å². The molecule has 3 heteroatoms. The predicted octanol–water partition coefficient (Wildman–Crippen LogP) is 6.91. The molecule has 0 heterocycles. The molecule has 2 nitrogen and oxygen atoms in total. The molecule has 2 unspecified atom stereocenters. The molecule has 0 radical (unpaired) electrons. The van der Waals surface area contributed by atoms with Crippen LogP contribution in [-0.2, 0) is 11.3 Å². The van der Waals surface area contributed by atoms with E-state index in [2.05, 4.69) is 62.4 Å². The van der Waals surface area contributed by atoms with Crippen molar-refractivity contribution in [3.8, 4) is 5.75 Å². The monoisotopic (exact) mass is 392 g/mol. The minimum atomic E-state index is -0.320. The van der Waals surface area contributed by atoms with E-state index in [9.17, 15) is 0 Å². The lowest BCUT2D eigenvalue weighted by Crippen LogP contribution is -2.23. The lowest BCUT2D eigenvalue weighted by molar-refractivity contribution is -0.0725. The highest BCUT2D eigenvalue weighted by Gasteiger charge is 2.13. The van der Waals surface area contributed by atoms with Gasteiger partial charge in [0.2, 0.25) is 6.29 Å². The van der Waals surface area contributed by atoms with Gasteiger partial charge in [-0.15, -0.1) is 11.8 Å². The topological polar surface area (TPSA) is 18.5 Å². The van der Waals surface area contributed by atoms with E-state index in [1.165, 1.54) is 10.5 Å². The van der Waals surface area contributed by atoms with Crippen molar-refractivity contribution in [3.05, 3.63) is 96.1 Å². The second-order valence-electron chi connectivity index (χ2n) is 6.85. The van der Waals surface area contributed by atoms with Crippen LogP contribution >= 0.6 is 11.8 Å². The van der Waals surface area contributed by atoms with Gasteiger partial charge in [-0.25, -0.2) is 0 Å². The first kappa shape index (κ1) is 20.5. The molecule has 0 spiro atoms. The first-order valence-corrected chi connectivity index (χ1v) is 10.8. The Morgan fingerprint density at radius 1 is 0.821 bits per heavy atom. The van der Waals surface area contributed by atoms with Crippen LogP contribution in [0, 0.1) is 0 Å². The van der Waals surface area contributed by atoms with E-state index in [-0.39, 0.29) is 6.29 Å². The van der Waals surface area contributed by atoms with Crippen molar-refractivity contribution in [1.82, 2.24) is 0 Å². The average molecular weight is 393 g/mol. The average Bonchev–Trinajstić information content (AvgIpc) is 2.77. The molecule has 3 rings (SSSR count). The summed E-state index contributed by atoms with van der Waals surface area (Å²) >= 11 is 1.74. The molecule has 0 N–H and O–H groups in total. The van der Waals surface area contributed by atoms with Crippen molar-refractivity contribution in [1.29, 1.82) is 0 Å². The Balaban J connectivity index is 1.64. The van der Waals surface area contributed by atoms with Crippen LogP contribution in [0.4, 0.5) is 0 Å². The molecular weight excluding hydrogens is 364 g/mol. The molecule has 0 aliphatic carbocycles. The van der Waals surface area contributed by atoms with Crippen LogP contribution in [0.2, 0.25) is 0 Å². The van der Waals surface area contributed by atoms with Gasteiger partial charge in [0.15, 0.2) is 0 Å². The number of rotatable bonds is 10. The Labute approximate surface area is 172 Å². The Hall–Kier alpha value is -2.23. The maximum absolute atomic E-state index is 6.18.